The standard InChI is InChI=1S/C2HF5N3OP3/c3-1(4,5)2(6,7)11-14-9-12-8-13-10-14/h(H,8,9,10). The molecule has 1 aliphatic heterocycles. The van der Waals surface area contributed by atoms with Crippen molar-refractivity contribution in [2.24, 2.45) is 9.03 Å². The lowest BCUT2D eigenvalue weighted by Gasteiger charge is -2.21. The van der Waals surface area contributed by atoms with Crippen molar-refractivity contribution in [3.8, 4) is 0 Å². The molecule has 4 nitrogen and oxygen atoms in total. The lowest BCUT2D eigenvalue weighted by molar-refractivity contribution is -0.359. The van der Waals surface area contributed by atoms with Gasteiger partial charge in [-0.3, -0.25) is 4.52 Å². The van der Waals surface area contributed by atoms with Crippen LogP contribution in [0.1, 0.15) is 0 Å². The fourth-order valence-corrected chi connectivity index (χ4v) is 3.24. The summed E-state index contributed by atoms with van der Waals surface area (Å²) in [6.07, 6.45) is -10.9. The Morgan fingerprint density at radius 2 is 1.86 bits per heavy atom. The molecule has 80 valence electrons. The van der Waals surface area contributed by atoms with Crippen LogP contribution in [0, 0.1) is 0 Å². The van der Waals surface area contributed by atoms with E-state index in [2.05, 4.69) is 18.4 Å². The van der Waals surface area contributed by atoms with Crippen molar-refractivity contribution in [1.29, 1.82) is 0 Å². The summed E-state index contributed by atoms with van der Waals surface area (Å²) in [5.41, 5.74) is 0. The van der Waals surface area contributed by atoms with Crippen LogP contribution < -0.4 is 4.86 Å². The van der Waals surface area contributed by atoms with Crippen molar-refractivity contribution >= 4 is 25.5 Å². The summed E-state index contributed by atoms with van der Waals surface area (Å²) in [7, 11) is -2.08. The molecule has 0 aliphatic carbocycles. The highest BCUT2D eigenvalue weighted by Crippen LogP contribution is 2.51. The van der Waals surface area contributed by atoms with Crippen LogP contribution in [0.15, 0.2) is 9.03 Å². The molecule has 0 radical (unpaired) electrons. The fourth-order valence-electron chi connectivity index (χ4n) is 0.351. The zero-order valence-corrected chi connectivity index (χ0v) is 8.72. The van der Waals surface area contributed by atoms with E-state index in [0.29, 0.717) is 0 Å². The molecule has 0 bridgehead atoms. The summed E-state index contributed by atoms with van der Waals surface area (Å²) >= 11 is 0. The maximum Gasteiger partial charge on any atom is 0.483 e. The molecule has 0 fully saturated rings. The highest BCUT2D eigenvalue weighted by Gasteiger charge is 2.61. The summed E-state index contributed by atoms with van der Waals surface area (Å²) in [6, 6.07) is 0. The van der Waals surface area contributed by atoms with Crippen molar-refractivity contribution in [2.45, 2.75) is 12.3 Å². The van der Waals surface area contributed by atoms with Crippen molar-refractivity contribution in [2.75, 3.05) is 0 Å². The topological polar surface area (TPSA) is 46.0 Å². The highest BCUT2D eigenvalue weighted by atomic mass is 31.2. The lowest BCUT2D eigenvalue weighted by Crippen LogP contribution is -2.38. The molecular formula is C2HF5N3OP3. The molecule has 1 atom stereocenters. The van der Waals surface area contributed by atoms with Gasteiger partial charge in [-0.25, -0.2) is 0 Å². The smallest absolute Gasteiger partial charge is 0.252 e. The Bertz CT molecular complexity index is 265. The van der Waals surface area contributed by atoms with E-state index in [1.165, 1.54) is 0 Å². The average Bonchev–Trinajstić information content (AvgIpc) is 2.03. The van der Waals surface area contributed by atoms with E-state index in [1.807, 2.05) is 0 Å². The van der Waals surface area contributed by atoms with Crippen LogP contribution in [-0.4, -0.2) is 12.3 Å². The third-order valence-corrected chi connectivity index (χ3v) is 3.96. The first kappa shape index (κ1) is 12.3. The Morgan fingerprint density at radius 3 is 2.29 bits per heavy atom. The fraction of sp³-hybridized carbons (Fsp3) is 1.00. The Labute approximate surface area is 79.0 Å². The normalized spacial score (nSPS) is 25.1. The van der Waals surface area contributed by atoms with Crippen LogP contribution in [0.4, 0.5) is 22.0 Å². The van der Waals surface area contributed by atoms with E-state index in [4.69, 9.17) is 0 Å². The van der Waals surface area contributed by atoms with Crippen LogP contribution in [0.5, 0.6) is 0 Å². The Morgan fingerprint density at radius 1 is 1.21 bits per heavy atom. The highest BCUT2D eigenvalue weighted by molar-refractivity contribution is 7.63. The van der Waals surface area contributed by atoms with Gasteiger partial charge < -0.3 is 0 Å². The van der Waals surface area contributed by atoms with Crippen molar-refractivity contribution in [3.63, 3.8) is 0 Å². The SMILES string of the molecule is FC(F)(F)C(F)(F)OP1N=PN=PN1. The molecule has 1 N–H and O–H groups in total. The van der Waals surface area contributed by atoms with Crippen molar-refractivity contribution < 1.29 is 26.5 Å². The first-order valence-corrected chi connectivity index (χ1v) is 5.69. The summed E-state index contributed by atoms with van der Waals surface area (Å²) in [5.74, 6) is 0. The summed E-state index contributed by atoms with van der Waals surface area (Å²) in [6.45, 7) is 0. The number of hydrogen-bond acceptors (Lipinski definition) is 4. The predicted octanol–water partition coefficient (Wildman–Crippen LogP) is 4.08. The molecule has 1 heterocycles. The molecule has 1 aliphatic rings. The summed E-state index contributed by atoms with van der Waals surface area (Å²) in [5, 5.41) is 0. The number of nitrogens with zero attached hydrogens (tertiary/aromatic N) is 2. The van der Waals surface area contributed by atoms with E-state index in [9.17, 15) is 22.0 Å². The molecule has 0 aromatic carbocycles. The quantitative estimate of drug-likeness (QED) is 0.607. The minimum absolute atomic E-state index is 0.0811. The van der Waals surface area contributed by atoms with Gasteiger partial charge in [0.2, 0.25) is 0 Å². The van der Waals surface area contributed by atoms with E-state index < -0.39 is 20.7 Å². The second-order valence-corrected chi connectivity index (χ2v) is 5.19. The molecule has 12 heteroatoms. The van der Waals surface area contributed by atoms with E-state index in [0.717, 1.165) is 0 Å². The van der Waals surface area contributed by atoms with Gasteiger partial charge in [-0.05, 0) is 0 Å². The molecule has 0 aromatic heterocycles. The molecular weight excluding hydrogens is 270 g/mol. The zero-order valence-electron chi connectivity index (χ0n) is 6.03. The average molecular weight is 271 g/mol. The maximum atomic E-state index is 12.2. The Hall–Kier alpha value is 0.200. The van der Waals surface area contributed by atoms with Crippen molar-refractivity contribution in [3.05, 3.63) is 0 Å². The monoisotopic (exact) mass is 271 g/mol. The van der Waals surface area contributed by atoms with Crippen LogP contribution in [0.25, 0.3) is 0 Å². The van der Waals surface area contributed by atoms with E-state index in [-0.39, 0.29) is 17.0 Å². The zero-order chi connectivity index (χ0) is 10.8. The molecule has 1 rings (SSSR count). The number of halogens is 5. The molecule has 0 amide bonds. The minimum Gasteiger partial charge on any atom is -0.252 e. The van der Waals surface area contributed by atoms with Crippen LogP contribution in [-0.2, 0) is 4.52 Å². The van der Waals surface area contributed by atoms with Crippen molar-refractivity contribution in [1.82, 2.24) is 4.86 Å². The first-order chi connectivity index (χ1) is 6.33. The van der Waals surface area contributed by atoms with Gasteiger partial charge in [0.15, 0.2) is 8.52 Å². The number of hydrogen-bond donors (Lipinski definition) is 1. The van der Waals surface area contributed by atoms with Gasteiger partial charge in [-0.2, -0.15) is 35.8 Å². The van der Waals surface area contributed by atoms with E-state index in [1.54, 1.807) is 0 Å². The van der Waals surface area contributed by atoms with Gasteiger partial charge in [0, 0.05) is 0 Å². The number of nitrogens with one attached hydrogen (secondary N) is 1. The maximum absolute atomic E-state index is 12.2. The first-order valence-electron chi connectivity index (χ1n) is 2.83. The summed E-state index contributed by atoms with van der Waals surface area (Å²) in [4.78, 5) is 2.14. The van der Waals surface area contributed by atoms with Gasteiger partial charge >= 0.3 is 12.3 Å². The van der Waals surface area contributed by atoms with Gasteiger partial charge in [-0.15, -0.1) is 0 Å². The molecule has 0 saturated carbocycles. The van der Waals surface area contributed by atoms with Crippen LogP contribution in [0.2, 0.25) is 0 Å². The molecule has 14 heavy (non-hydrogen) atoms. The summed E-state index contributed by atoms with van der Waals surface area (Å²) < 4.78 is 69.6. The van der Waals surface area contributed by atoms with Gasteiger partial charge in [0.1, 0.15) is 8.52 Å². The lowest BCUT2D eigenvalue weighted by atomic mass is 10.6. The van der Waals surface area contributed by atoms with Gasteiger partial charge in [-0.1, -0.05) is 0 Å². The Balaban J connectivity index is 2.59. The molecule has 1 unspecified atom stereocenters. The van der Waals surface area contributed by atoms with Crippen LogP contribution in [0.3, 0.4) is 0 Å². The molecule has 0 spiro atoms. The largest absolute Gasteiger partial charge is 0.483 e. The second kappa shape index (κ2) is 4.37. The Kier molecular flexibility index (Phi) is 3.83. The second-order valence-electron chi connectivity index (χ2n) is 1.85. The van der Waals surface area contributed by atoms with Crippen LogP contribution >= 0.6 is 25.5 Å². The number of rotatable bonds is 2. The predicted molar refractivity (Wildman–Crippen MR) is 40.8 cm³/mol. The van der Waals surface area contributed by atoms with Gasteiger partial charge in [0.05, 0.1) is 0 Å². The molecule has 0 saturated heterocycles. The third-order valence-electron chi connectivity index (χ3n) is 0.867. The number of alkyl halides is 5. The molecule has 0 aromatic rings. The van der Waals surface area contributed by atoms with Gasteiger partial charge in [0.25, 0.3) is 8.45 Å². The van der Waals surface area contributed by atoms with E-state index >= 15 is 0 Å². The third kappa shape index (κ3) is 3.11. The minimum atomic E-state index is -5.73.